The highest BCUT2D eigenvalue weighted by atomic mass is 16.4. The molecular weight excluding hydrogens is 158 g/mol. The van der Waals surface area contributed by atoms with Crippen LogP contribution in [0.15, 0.2) is 0 Å². The van der Waals surface area contributed by atoms with E-state index >= 15 is 0 Å². The van der Waals surface area contributed by atoms with Crippen molar-refractivity contribution in [2.24, 2.45) is 0 Å². The van der Waals surface area contributed by atoms with Gasteiger partial charge in [0.05, 0.1) is 0 Å². The Bertz CT molecular complexity index is 250. The highest BCUT2D eigenvalue weighted by Gasteiger charge is 2.32. The van der Waals surface area contributed by atoms with Crippen LogP contribution in [0.2, 0.25) is 0 Å². The normalized spacial score (nSPS) is 14.9. The highest BCUT2D eigenvalue weighted by molar-refractivity contribution is 5.95. The molecule has 0 aliphatic heterocycles. The summed E-state index contributed by atoms with van der Waals surface area (Å²) in [5.74, 6) is 0.365. The lowest BCUT2D eigenvalue weighted by molar-refractivity contribution is -0.142. The first-order valence-corrected chi connectivity index (χ1v) is 3.64. The zero-order chi connectivity index (χ0) is 9.14. The zero-order valence-corrected chi connectivity index (χ0v) is 6.49. The molecule has 1 amide bonds. The summed E-state index contributed by atoms with van der Waals surface area (Å²) < 4.78 is 0. The standard InChI is InChI=1S/C8H9NO3/c1-2-7(10)9(5-8(11)12)6-3-4-6/h1,6H,3-5H2,(H,11,12). The zero-order valence-electron chi connectivity index (χ0n) is 6.49. The van der Waals surface area contributed by atoms with Crippen LogP contribution in [0.4, 0.5) is 0 Å². The molecule has 0 spiro atoms. The average Bonchev–Trinajstić information content (AvgIpc) is 2.81. The Morgan fingerprint density at radius 3 is 2.50 bits per heavy atom. The number of nitrogens with zero attached hydrogens (tertiary/aromatic N) is 1. The van der Waals surface area contributed by atoms with Crippen molar-refractivity contribution in [1.82, 2.24) is 4.90 Å². The molecule has 0 atom stereocenters. The summed E-state index contributed by atoms with van der Waals surface area (Å²) >= 11 is 0. The van der Waals surface area contributed by atoms with Crippen LogP contribution in [-0.2, 0) is 9.59 Å². The summed E-state index contributed by atoms with van der Waals surface area (Å²) in [5, 5.41) is 8.44. The van der Waals surface area contributed by atoms with Gasteiger partial charge in [0.25, 0.3) is 5.91 Å². The monoisotopic (exact) mass is 167 g/mol. The number of carbonyl (C=O) groups is 2. The van der Waals surface area contributed by atoms with Crippen LogP contribution < -0.4 is 0 Å². The van der Waals surface area contributed by atoms with E-state index in [4.69, 9.17) is 11.5 Å². The molecule has 0 aromatic heterocycles. The van der Waals surface area contributed by atoms with E-state index in [0.717, 1.165) is 12.8 Å². The molecule has 64 valence electrons. The van der Waals surface area contributed by atoms with E-state index in [2.05, 4.69) is 0 Å². The summed E-state index contributed by atoms with van der Waals surface area (Å²) in [4.78, 5) is 22.5. The molecule has 12 heavy (non-hydrogen) atoms. The molecule has 0 unspecified atom stereocenters. The molecule has 0 bridgehead atoms. The summed E-state index contributed by atoms with van der Waals surface area (Å²) in [6.45, 7) is -0.284. The summed E-state index contributed by atoms with van der Waals surface area (Å²) in [5.41, 5.74) is 0. The van der Waals surface area contributed by atoms with Crippen molar-refractivity contribution < 1.29 is 14.7 Å². The molecule has 1 N–H and O–H groups in total. The molecule has 1 rings (SSSR count). The molecule has 0 radical (unpaired) electrons. The van der Waals surface area contributed by atoms with E-state index in [1.807, 2.05) is 5.92 Å². The number of amides is 1. The van der Waals surface area contributed by atoms with Gasteiger partial charge in [0, 0.05) is 6.04 Å². The van der Waals surface area contributed by atoms with Gasteiger partial charge in [0.15, 0.2) is 0 Å². The highest BCUT2D eigenvalue weighted by Crippen LogP contribution is 2.26. The first kappa shape index (κ1) is 8.60. The lowest BCUT2D eigenvalue weighted by atomic mass is 10.4. The summed E-state index contributed by atoms with van der Waals surface area (Å²) in [7, 11) is 0. The molecule has 1 aliphatic rings. The maximum Gasteiger partial charge on any atom is 0.323 e. The number of aliphatic carboxylic acids is 1. The third kappa shape index (κ3) is 1.99. The molecule has 0 aromatic rings. The number of carbonyl (C=O) groups excluding carboxylic acids is 1. The van der Waals surface area contributed by atoms with Crippen molar-refractivity contribution in [3.05, 3.63) is 0 Å². The second-order valence-corrected chi connectivity index (χ2v) is 2.70. The Morgan fingerprint density at radius 2 is 2.17 bits per heavy atom. The van der Waals surface area contributed by atoms with Gasteiger partial charge < -0.3 is 10.0 Å². The van der Waals surface area contributed by atoms with Crippen LogP contribution in [-0.4, -0.2) is 34.5 Å². The first-order chi connectivity index (χ1) is 5.65. The van der Waals surface area contributed by atoms with E-state index in [-0.39, 0.29) is 12.6 Å². The number of carboxylic acids is 1. The van der Waals surface area contributed by atoms with Crippen molar-refractivity contribution in [3.8, 4) is 12.3 Å². The van der Waals surface area contributed by atoms with Crippen LogP contribution in [0.1, 0.15) is 12.8 Å². The first-order valence-electron chi connectivity index (χ1n) is 3.64. The van der Waals surface area contributed by atoms with Crippen molar-refractivity contribution >= 4 is 11.9 Å². The number of hydrogen-bond donors (Lipinski definition) is 1. The molecule has 4 nitrogen and oxygen atoms in total. The molecule has 1 fully saturated rings. The minimum atomic E-state index is -1.02. The fourth-order valence-corrected chi connectivity index (χ4v) is 0.982. The Kier molecular flexibility index (Phi) is 2.34. The third-order valence-corrected chi connectivity index (χ3v) is 1.68. The van der Waals surface area contributed by atoms with Crippen LogP contribution in [0, 0.1) is 12.3 Å². The molecule has 1 saturated carbocycles. The van der Waals surface area contributed by atoms with E-state index in [0.29, 0.717) is 0 Å². The Morgan fingerprint density at radius 1 is 1.58 bits per heavy atom. The van der Waals surface area contributed by atoms with E-state index in [9.17, 15) is 9.59 Å². The van der Waals surface area contributed by atoms with Gasteiger partial charge in [-0.2, -0.15) is 0 Å². The van der Waals surface area contributed by atoms with Gasteiger partial charge in [0.2, 0.25) is 0 Å². The van der Waals surface area contributed by atoms with Gasteiger partial charge in [0.1, 0.15) is 6.54 Å². The Hall–Kier alpha value is -1.50. The van der Waals surface area contributed by atoms with Gasteiger partial charge >= 0.3 is 5.97 Å². The lowest BCUT2D eigenvalue weighted by Gasteiger charge is -2.16. The third-order valence-electron chi connectivity index (χ3n) is 1.68. The smallest absolute Gasteiger partial charge is 0.323 e. The predicted molar refractivity (Wildman–Crippen MR) is 41.2 cm³/mol. The molecule has 1 aliphatic carbocycles. The summed E-state index contributed by atoms with van der Waals surface area (Å²) in [6.07, 6.45) is 6.60. The van der Waals surface area contributed by atoms with Crippen molar-refractivity contribution in [1.29, 1.82) is 0 Å². The number of hydrogen-bond acceptors (Lipinski definition) is 2. The van der Waals surface area contributed by atoms with E-state index in [1.165, 1.54) is 4.90 Å². The topological polar surface area (TPSA) is 57.6 Å². The van der Waals surface area contributed by atoms with Crippen molar-refractivity contribution in [3.63, 3.8) is 0 Å². The lowest BCUT2D eigenvalue weighted by Crippen LogP contribution is -2.36. The van der Waals surface area contributed by atoms with E-state index < -0.39 is 11.9 Å². The summed E-state index contributed by atoms with van der Waals surface area (Å²) in [6, 6.07) is 0.0599. The second-order valence-electron chi connectivity index (χ2n) is 2.70. The fourth-order valence-electron chi connectivity index (χ4n) is 0.982. The Balaban J connectivity index is 2.55. The predicted octanol–water partition coefficient (Wildman–Crippen LogP) is -0.305. The number of carboxylic acid groups (broad SMARTS) is 1. The number of terminal acetylenes is 1. The molecular formula is C8H9NO3. The molecule has 0 saturated heterocycles. The van der Waals surface area contributed by atoms with Crippen molar-refractivity contribution in [2.45, 2.75) is 18.9 Å². The van der Waals surface area contributed by atoms with Crippen LogP contribution in [0.25, 0.3) is 0 Å². The van der Waals surface area contributed by atoms with E-state index in [1.54, 1.807) is 0 Å². The minimum absolute atomic E-state index is 0.0599. The van der Waals surface area contributed by atoms with Gasteiger partial charge in [-0.25, -0.2) is 0 Å². The van der Waals surface area contributed by atoms with Gasteiger partial charge in [-0.15, -0.1) is 6.42 Å². The van der Waals surface area contributed by atoms with Gasteiger partial charge in [-0.3, -0.25) is 9.59 Å². The minimum Gasteiger partial charge on any atom is -0.480 e. The maximum absolute atomic E-state index is 11.0. The van der Waals surface area contributed by atoms with Gasteiger partial charge in [-0.05, 0) is 18.8 Å². The molecule has 0 aromatic carbocycles. The average molecular weight is 167 g/mol. The SMILES string of the molecule is C#CC(=O)N(CC(=O)O)C1CC1. The fraction of sp³-hybridized carbons (Fsp3) is 0.500. The number of rotatable bonds is 3. The molecule has 0 heterocycles. The second kappa shape index (κ2) is 3.26. The quantitative estimate of drug-likeness (QED) is 0.587. The van der Waals surface area contributed by atoms with Crippen LogP contribution in [0.3, 0.4) is 0 Å². The van der Waals surface area contributed by atoms with Crippen LogP contribution >= 0.6 is 0 Å². The largest absolute Gasteiger partial charge is 0.480 e. The van der Waals surface area contributed by atoms with Crippen LogP contribution in [0.5, 0.6) is 0 Å². The van der Waals surface area contributed by atoms with Gasteiger partial charge in [-0.1, -0.05) is 0 Å². The molecule has 4 heteroatoms. The van der Waals surface area contributed by atoms with Crippen molar-refractivity contribution in [2.75, 3.05) is 6.54 Å². The Labute approximate surface area is 70.2 Å². The maximum atomic E-state index is 11.0.